The fourth-order valence-corrected chi connectivity index (χ4v) is 4.39. The van der Waals surface area contributed by atoms with Gasteiger partial charge >= 0.3 is 0 Å². The second-order valence-corrected chi connectivity index (χ2v) is 7.21. The average molecular weight is 378 g/mol. The van der Waals surface area contributed by atoms with E-state index in [9.17, 15) is 0 Å². The van der Waals surface area contributed by atoms with Crippen molar-refractivity contribution in [3.63, 3.8) is 0 Å². The van der Waals surface area contributed by atoms with Crippen molar-refractivity contribution in [2.45, 2.75) is 59.3 Å². The summed E-state index contributed by atoms with van der Waals surface area (Å²) in [6.07, 6.45) is 10.1. The van der Waals surface area contributed by atoms with Gasteiger partial charge in [0.2, 0.25) is 0 Å². The fourth-order valence-electron chi connectivity index (χ4n) is 3.86. The molecule has 1 rings (SSSR count). The molecule has 1 aliphatic carbocycles. The Kier molecular flexibility index (Phi) is 8.63. The molecule has 1 nitrogen and oxygen atoms in total. The number of allylic oxidation sites excluding steroid dienone is 1. The second-order valence-electron chi connectivity index (χ2n) is 6.49. The van der Waals surface area contributed by atoms with E-state index in [0.29, 0.717) is 12.5 Å². The molecule has 0 heterocycles. The lowest BCUT2D eigenvalue weighted by molar-refractivity contribution is 0.120. The Morgan fingerprint density at radius 2 is 1.95 bits per heavy atom. The lowest BCUT2D eigenvalue weighted by Gasteiger charge is -2.38. The van der Waals surface area contributed by atoms with Crippen LogP contribution in [0.1, 0.15) is 59.3 Å². The first-order valence-corrected chi connectivity index (χ1v) is 9.24. The van der Waals surface area contributed by atoms with Crippen LogP contribution in [0.4, 0.5) is 0 Å². The molecule has 0 bridgehead atoms. The molecule has 0 amide bonds. The van der Waals surface area contributed by atoms with Crippen molar-refractivity contribution in [2.75, 3.05) is 6.61 Å². The Hall–Kier alpha value is 0.430. The molecular weight excluding hydrogens is 347 g/mol. The minimum absolute atomic E-state index is 0.326. The van der Waals surface area contributed by atoms with Gasteiger partial charge in [-0.3, -0.25) is 0 Å². The fraction of sp³-hybridized carbons (Fsp3) is 0.882. The van der Waals surface area contributed by atoms with Gasteiger partial charge in [0, 0.05) is 6.61 Å². The van der Waals surface area contributed by atoms with Gasteiger partial charge in [-0.05, 0) is 52.9 Å². The number of hydrogen-bond acceptors (Lipinski definition) is 1. The first-order chi connectivity index (χ1) is 9.11. The Morgan fingerprint density at radius 1 is 1.26 bits per heavy atom. The molecule has 5 atom stereocenters. The van der Waals surface area contributed by atoms with E-state index in [1.807, 2.05) is 0 Å². The zero-order valence-electron chi connectivity index (χ0n) is 12.8. The van der Waals surface area contributed by atoms with E-state index >= 15 is 0 Å². The van der Waals surface area contributed by atoms with Crippen LogP contribution in [-0.2, 0) is 0 Å². The summed E-state index contributed by atoms with van der Waals surface area (Å²) in [5.41, 5.74) is 0. The molecule has 0 saturated heterocycles. The van der Waals surface area contributed by atoms with E-state index < -0.39 is 0 Å². The Labute approximate surface area is 133 Å². The molecule has 19 heavy (non-hydrogen) atoms. The molecular formula is C17H31IO. The van der Waals surface area contributed by atoms with Crippen LogP contribution in [0.2, 0.25) is 0 Å². The SMILES string of the molecule is CC1CCCCC1C(C)C(C)C(/C=C\I)CCCO. The maximum absolute atomic E-state index is 9.07. The van der Waals surface area contributed by atoms with Crippen molar-refractivity contribution in [3.05, 3.63) is 10.2 Å². The zero-order valence-corrected chi connectivity index (χ0v) is 15.0. The first kappa shape index (κ1) is 17.5. The van der Waals surface area contributed by atoms with Gasteiger partial charge in [0.25, 0.3) is 0 Å². The van der Waals surface area contributed by atoms with Crippen molar-refractivity contribution in [3.8, 4) is 0 Å². The van der Waals surface area contributed by atoms with E-state index in [1.165, 1.54) is 25.7 Å². The number of aliphatic hydroxyl groups excluding tert-OH is 1. The molecule has 1 N–H and O–H groups in total. The largest absolute Gasteiger partial charge is 0.396 e. The number of rotatable bonds is 7. The third-order valence-electron chi connectivity index (χ3n) is 5.37. The van der Waals surface area contributed by atoms with Gasteiger partial charge in [-0.1, -0.05) is 68.7 Å². The predicted molar refractivity (Wildman–Crippen MR) is 92.4 cm³/mol. The maximum atomic E-state index is 9.07. The highest BCUT2D eigenvalue weighted by atomic mass is 127. The van der Waals surface area contributed by atoms with E-state index in [-0.39, 0.29) is 0 Å². The summed E-state index contributed by atoms with van der Waals surface area (Å²) < 4.78 is 2.16. The summed E-state index contributed by atoms with van der Waals surface area (Å²) in [4.78, 5) is 0. The van der Waals surface area contributed by atoms with Crippen molar-refractivity contribution in [1.82, 2.24) is 0 Å². The first-order valence-electron chi connectivity index (χ1n) is 7.99. The van der Waals surface area contributed by atoms with E-state index in [4.69, 9.17) is 5.11 Å². The summed E-state index contributed by atoms with van der Waals surface area (Å²) >= 11 is 2.33. The van der Waals surface area contributed by atoms with Crippen LogP contribution in [-0.4, -0.2) is 11.7 Å². The molecule has 0 radical (unpaired) electrons. The van der Waals surface area contributed by atoms with E-state index in [0.717, 1.165) is 36.5 Å². The minimum Gasteiger partial charge on any atom is -0.396 e. The number of halogens is 1. The van der Waals surface area contributed by atoms with Gasteiger partial charge in [0.1, 0.15) is 0 Å². The van der Waals surface area contributed by atoms with Crippen LogP contribution in [0.25, 0.3) is 0 Å². The number of aliphatic hydroxyl groups is 1. The van der Waals surface area contributed by atoms with Crippen LogP contribution in [0, 0.1) is 29.6 Å². The standard InChI is InChI=1S/C17H31IO/c1-13-7-4-5-9-17(13)15(3)14(2)16(10-11-18)8-6-12-19/h10-11,13-17,19H,4-9,12H2,1-3H3/b11-10-. The van der Waals surface area contributed by atoms with E-state index in [1.54, 1.807) is 0 Å². The molecule has 0 aromatic heterocycles. The van der Waals surface area contributed by atoms with Gasteiger partial charge in [-0.15, -0.1) is 0 Å². The lowest BCUT2D eigenvalue weighted by atomic mass is 9.67. The molecule has 0 aromatic rings. The highest BCUT2D eigenvalue weighted by Gasteiger charge is 2.31. The van der Waals surface area contributed by atoms with Gasteiger partial charge in [0.15, 0.2) is 0 Å². The summed E-state index contributed by atoms with van der Waals surface area (Å²) in [7, 11) is 0. The van der Waals surface area contributed by atoms with Crippen LogP contribution < -0.4 is 0 Å². The smallest absolute Gasteiger partial charge is 0.0431 e. The molecule has 1 fully saturated rings. The molecule has 0 spiro atoms. The van der Waals surface area contributed by atoms with Crippen molar-refractivity contribution >= 4 is 22.6 Å². The van der Waals surface area contributed by atoms with Crippen molar-refractivity contribution < 1.29 is 5.11 Å². The molecule has 2 heteroatoms. The average Bonchev–Trinajstić information content (AvgIpc) is 2.42. The molecule has 1 saturated carbocycles. The monoisotopic (exact) mass is 378 g/mol. The summed E-state index contributed by atoms with van der Waals surface area (Å²) in [5.74, 6) is 3.96. The third kappa shape index (κ3) is 5.37. The Morgan fingerprint density at radius 3 is 2.53 bits per heavy atom. The summed E-state index contributed by atoms with van der Waals surface area (Å²) in [5, 5.41) is 9.07. The maximum Gasteiger partial charge on any atom is 0.0431 e. The van der Waals surface area contributed by atoms with E-state index in [2.05, 4.69) is 53.5 Å². The zero-order chi connectivity index (χ0) is 14.3. The molecule has 5 unspecified atom stereocenters. The predicted octanol–water partition coefficient (Wildman–Crippen LogP) is 5.42. The third-order valence-corrected chi connectivity index (χ3v) is 5.79. The van der Waals surface area contributed by atoms with Crippen LogP contribution in [0.15, 0.2) is 10.2 Å². The molecule has 112 valence electrons. The summed E-state index contributed by atoms with van der Waals surface area (Å²) in [6, 6.07) is 0. The topological polar surface area (TPSA) is 20.2 Å². The molecule has 0 aromatic carbocycles. The Balaban J connectivity index is 2.62. The van der Waals surface area contributed by atoms with Gasteiger partial charge in [-0.2, -0.15) is 0 Å². The highest BCUT2D eigenvalue weighted by Crippen LogP contribution is 2.40. The van der Waals surface area contributed by atoms with Gasteiger partial charge < -0.3 is 5.11 Å². The number of hydrogen-bond donors (Lipinski definition) is 1. The quantitative estimate of drug-likeness (QED) is 0.587. The minimum atomic E-state index is 0.326. The van der Waals surface area contributed by atoms with Crippen molar-refractivity contribution in [2.24, 2.45) is 29.6 Å². The van der Waals surface area contributed by atoms with Gasteiger partial charge in [0.05, 0.1) is 0 Å². The normalized spacial score (nSPS) is 29.3. The van der Waals surface area contributed by atoms with Crippen LogP contribution in [0.3, 0.4) is 0 Å². The highest BCUT2D eigenvalue weighted by molar-refractivity contribution is 14.1. The molecule has 1 aliphatic rings. The van der Waals surface area contributed by atoms with Crippen LogP contribution in [0.5, 0.6) is 0 Å². The summed E-state index contributed by atoms with van der Waals surface area (Å²) in [6.45, 7) is 7.66. The van der Waals surface area contributed by atoms with Crippen molar-refractivity contribution in [1.29, 1.82) is 0 Å². The second kappa shape index (κ2) is 9.38. The molecule has 0 aliphatic heterocycles. The van der Waals surface area contributed by atoms with Gasteiger partial charge in [-0.25, -0.2) is 0 Å². The lowest BCUT2D eigenvalue weighted by Crippen LogP contribution is -2.30. The van der Waals surface area contributed by atoms with Crippen LogP contribution >= 0.6 is 22.6 Å². The Bertz CT molecular complexity index is 264.